The van der Waals surface area contributed by atoms with Crippen molar-refractivity contribution >= 4 is 0 Å². The van der Waals surface area contributed by atoms with Gasteiger partial charge in [-0.2, -0.15) is 0 Å². The van der Waals surface area contributed by atoms with Gasteiger partial charge in [0.2, 0.25) is 0 Å². The number of hydrogen-bond acceptors (Lipinski definition) is 1. The Kier molecular flexibility index (Phi) is 2.71. The predicted molar refractivity (Wildman–Crippen MR) is 42.6 cm³/mol. The van der Waals surface area contributed by atoms with E-state index in [1.807, 2.05) is 42.5 Å². The topological polar surface area (TPSA) is 20.2 Å². The van der Waals surface area contributed by atoms with Gasteiger partial charge in [0.1, 0.15) is 0 Å². The molecule has 0 aliphatic heterocycles. The molecule has 0 aromatic carbocycles. The maximum Gasteiger partial charge on any atom is 0.0681 e. The summed E-state index contributed by atoms with van der Waals surface area (Å²) in [5.41, 5.74) is 0.931. The summed E-state index contributed by atoms with van der Waals surface area (Å²) in [6, 6.07) is 0. The van der Waals surface area contributed by atoms with E-state index in [1.165, 1.54) is 0 Å². The molecule has 1 aliphatic rings. The Morgan fingerprint density at radius 2 is 1.70 bits per heavy atom. The molecule has 0 unspecified atom stereocenters. The Morgan fingerprint density at radius 1 is 1.00 bits per heavy atom. The van der Waals surface area contributed by atoms with Gasteiger partial charge in [0, 0.05) is 0 Å². The third-order valence-electron chi connectivity index (χ3n) is 1.25. The van der Waals surface area contributed by atoms with E-state index in [0.717, 1.165) is 5.57 Å². The average molecular weight is 134 g/mol. The van der Waals surface area contributed by atoms with Crippen molar-refractivity contribution in [3.8, 4) is 0 Å². The summed E-state index contributed by atoms with van der Waals surface area (Å²) in [6.45, 7) is 0.106. The second-order valence-corrected chi connectivity index (χ2v) is 2.03. The quantitative estimate of drug-likeness (QED) is 0.577. The van der Waals surface area contributed by atoms with E-state index >= 15 is 0 Å². The molecule has 0 saturated heterocycles. The van der Waals surface area contributed by atoms with Gasteiger partial charge in [0.25, 0.3) is 0 Å². The third-order valence-corrected chi connectivity index (χ3v) is 1.25. The molecule has 0 aromatic heterocycles. The maximum absolute atomic E-state index is 8.73. The van der Waals surface area contributed by atoms with Crippen molar-refractivity contribution in [1.29, 1.82) is 0 Å². The Morgan fingerprint density at radius 3 is 2.50 bits per heavy atom. The molecular weight excluding hydrogens is 124 g/mol. The number of aliphatic hydroxyl groups excluding tert-OH is 1. The lowest BCUT2D eigenvalue weighted by Crippen LogP contribution is -1.84. The first-order valence-electron chi connectivity index (χ1n) is 3.25. The van der Waals surface area contributed by atoms with Gasteiger partial charge in [-0.3, -0.25) is 0 Å². The molecule has 0 spiro atoms. The van der Waals surface area contributed by atoms with Crippen molar-refractivity contribution in [1.82, 2.24) is 0 Å². The molecule has 10 heavy (non-hydrogen) atoms. The molecule has 1 rings (SSSR count). The zero-order chi connectivity index (χ0) is 7.23. The second kappa shape index (κ2) is 3.85. The van der Waals surface area contributed by atoms with Crippen LogP contribution in [0.5, 0.6) is 0 Å². The molecule has 52 valence electrons. The van der Waals surface area contributed by atoms with Gasteiger partial charge < -0.3 is 5.11 Å². The lowest BCUT2D eigenvalue weighted by atomic mass is 10.2. The van der Waals surface area contributed by atoms with Crippen LogP contribution in [0.15, 0.2) is 48.1 Å². The third kappa shape index (κ3) is 2.03. The average Bonchev–Trinajstić information content (AvgIpc) is 1.87. The lowest BCUT2D eigenvalue weighted by molar-refractivity contribution is 0.335. The molecule has 1 nitrogen and oxygen atoms in total. The monoisotopic (exact) mass is 134 g/mol. The summed E-state index contributed by atoms with van der Waals surface area (Å²) in [7, 11) is 0. The largest absolute Gasteiger partial charge is 0.392 e. The number of allylic oxidation sites excluding steroid dienone is 6. The highest BCUT2D eigenvalue weighted by Crippen LogP contribution is 1.99. The molecule has 0 atom stereocenters. The number of rotatable bonds is 1. The van der Waals surface area contributed by atoms with Gasteiger partial charge in [0.15, 0.2) is 0 Å². The molecular formula is C9H10O. The van der Waals surface area contributed by atoms with E-state index in [2.05, 4.69) is 0 Å². The molecule has 0 aromatic rings. The SMILES string of the molecule is OCC1=CC=CC=CC=C1. The fourth-order valence-corrected chi connectivity index (χ4v) is 0.712. The fourth-order valence-electron chi connectivity index (χ4n) is 0.712. The summed E-state index contributed by atoms with van der Waals surface area (Å²) in [5, 5.41) is 8.73. The highest BCUT2D eigenvalue weighted by Gasteiger charge is 1.85. The van der Waals surface area contributed by atoms with Gasteiger partial charge in [-0.25, -0.2) is 0 Å². The fraction of sp³-hybridized carbons (Fsp3) is 0.111. The van der Waals surface area contributed by atoms with Gasteiger partial charge in [-0.05, 0) is 5.57 Å². The molecule has 0 fully saturated rings. The first-order chi connectivity index (χ1) is 4.93. The molecule has 1 heteroatoms. The van der Waals surface area contributed by atoms with E-state index in [0.29, 0.717) is 0 Å². The van der Waals surface area contributed by atoms with Crippen LogP contribution in [0.1, 0.15) is 0 Å². The van der Waals surface area contributed by atoms with E-state index in [-0.39, 0.29) is 6.61 Å². The summed E-state index contributed by atoms with van der Waals surface area (Å²) >= 11 is 0. The summed E-state index contributed by atoms with van der Waals surface area (Å²) in [4.78, 5) is 0. The predicted octanol–water partition coefficient (Wildman–Crippen LogP) is 1.59. The van der Waals surface area contributed by atoms with Crippen molar-refractivity contribution in [2.45, 2.75) is 0 Å². The molecule has 0 amide bonds. The van der Waals surface area contributed by atoms with Crippen LogP contribution in [-0.2, 0) is 0 Å². The first kappa shape index (κ1) is 7.03. The van der Waals surface area contributed by atoms with Crippen molar-refractivity contribution < 1.29 is 5.11 Å². The van der Waals surface area contributed by atoms with Crippen LogP contribution >= 0.6 is 0 Å². The van der Waals surface area contributed by atoms with Crippen LogP contribution in [0.4, 0.5) is 0 Å². The van der Waals surface area contributed by atoms with Crippen LogP contribution in [-0.4, -0.2) is 11.7 Å². The Hall–Kier alpha value is -1.08. The van der Waals surface area contributed by atoms with E-state index in [4.69, 9.17) is 5.11 Å². The van der Waals surface area contributed by atoms with Crippen molar-refractivity contribution in [3.63, 3.8) is 0 Å². The molecule has 0 radical (unpaired) electrons. The van der Waals surface area contributed by atoms with Gasteiger partial charge in [-0.1, -0.05) is 42.5 Å². The van der Waals surface area contributed by atoms with Crippen LogP contribution in [0.3, 0.4) is 0 Å². The normalized spacial score (nSPS) is 16.3. The van der Waals surface area contributed by atoms with E-state index in [1.54, 1.807) is 0 Å². The van der Waals surface area contributed by atoms with Gasteiger partial charge in [-0.15, -0.1) is 0 Å². The molecule has 1 N–H and O–H groups in total. The minimum Gasteiger partial charge on any atom is -0.392 e. The molecule has 1 aliphatic carbocycles. The molecule has 0 heterocycles. The Balaban J connectivity index is 2.73. The zero-order valence-electron chi connectivity index (χ0n) is 5.70. The second-order valence-electron chi connectivity index (χ2n) is 2.03. The van der Waals surface area contributed by atoms with Crippen molar-refractivity contribution in [2.24, 2.45) is 0 Å². The molecule has 0 saturated carbocycles. The highest BCUT2D eigenvalue weighted by molar-refractivity contribution is 5.30. The summed E-state index contributed by atoms with van der Waals surface area (Å²) < 4.78 is 0. The van der Waals surface area contributed by atoms with Crippen LogP contribution in [0.25, 0.3) is 0 Å². The smallest absolute Gasteiger partial charge is 0.0681 e. The molecule has 0 bridgehead atoms. The Bertz CT molecular complexity index is 207. The summed E-state index contributed by atoms with van der Waals surface area (Å²) in [6.07, 6.45) is 13.4. The first-order valence-corrected chi connectivity index (χ1v) is 3.25. The standard InChI is InChI=1S/C9H10O/c10-8-9-6-4-2-1-3-5-7-9/h1-7,10H,8H2. The zero-order valence-corrected chi connectivity index (χ0v) is 5.70. The van der Waals surface area contributed by atoms with Gasteiger partial charge >= 0.3 is 0 Å². The van der Waals surface area contributed by atoms with E-state index < -0.39 is 0 Å². The highest BCUT2D eigenvalue weighted by atomic mass is 16.3. The van der Waals surface area contributed by atoms with Gasteiger partial charge in [0.05, 0.1) is 6.61 Å². The summed E-state index contributed by atoms with van der Waals surface area (Å²) in [5.74, 6) is 0. The number of aliphatic hydroxyl groups is 1. The number of hydrogen-bond donors (Lipinski definition) is 1. The van der Waals surface area contributed by atoms with E-state index in [9.17, 15) is 0 Å². The van der Waals surface area contributed by atoms with Crippen LogP contribution < -0.4 is 0 Å². The van der Waals surface area contributed by atoms with Crippen LogP contribution in [0.2, 0.25) is 0 Å². The maximum atomic E-state index is 8.73. The minimum atomic E-state index is 0.106. The van der Waals surface area contributed by atoms with Crippen molar-refractivity contribution in [2.75, 3.05) is 6.61 Å². The Labute approximate surface area is 60.7 Å². The van der Waals surface area contributed by atoms with Crippen LogP contribution in [0, 0.1) is 0 Å². The lowest BCUT2D eigenvalue weighted by Gasteiger charge is -1.93. The minimum absolute atomic E-state index is 0.106. The van der Waals surface area contributed by atoms with Crippen molar-refractivity contribution in [3.05, 3.63) is 48.1 Å².